The number of nitrogens with one attached hydrogen (secondary N) is 1. The third-order valence-electron chi connectivity index (χ3n) is 5.43. The first-order chi connectivity index (χ1) is 13.7. The van der Waals surface area contributed by atoms with E-state index in [-0.39, 0.29) is 5.91 Å². The Morgan fingerprint density at radius 1 is 1.21 bits per heavy atom. The lowest BCUT2D eigenvalue weighted by Gasteiger charge is -2.26. The molecule has 0 unspecified atom stereocenters. The Balaban J connectivity index is 1.54. The molecule has 5 rings (SSSR count). The molecule has 1 aliphatic heterocycles. The number of carbonyl (C=O) groups is 1. The van der Waals surface area contributed by atoms with E-state index in [4.69, 9.17) is 9.15 Å². The molecule has 5 nitrogen and oxygen atoms in total. The van der Waals surface area contributed by atoms with Gasteiger partial charge in [0.2, 0.25) is 0 Å². The lowest BCUT2D eigenvalue weighted by molar-refractivity contribution is 0.0699. The molecule has 2 aromatic heterocycles. The number of benzene rings is 2. The van der Waals surface area contributed by atoms with Crippen molar-refractivity contribution in [2.24, 2.45) is 0 Å². The Bertz CT molecular complexity index is 1210. The fraction of sp³-hybridized carbons (Fsp3) is 0.227. The highest BCUT2D eigenvalue weighted by atomic mass is 79.9. The molecule has 2 aromatic carbocycles. The van der Waals surface area contributed by atoms with E-state index in [0.29, 0.717) is 31.0 Å². The van der Waals surface area contributed by atoms with E-state index in [9.17, 15) is 4.79 Å². The number of hydrogen-bond acceptors (Lipinski definition) is 3. The van der Waals surface area contributed by atoms with E-state index in [1.54, 1.807) is 7.11 Å². The number of furan rings is 1. The van der Waals surface area contributed by atoms with Gasteiger partial charge in [0, 0.05) is 58.7 Å². The quantitative estimate of drug-likeness (QED) is 0.488. The van der Waals surface area contributed by atoms with Crippen LogP contribution in [0.3, 0.4) is 0 Å². The molecule has 6 heteroatoms. The summed E-state index contributed by atoms with van der Waals surface area (Å²) in [5.74, 6) is 0.297. The molecular weight excluding hydrogens is 420 g/mol. The highest BCUT2D eigenvalue weighted by molar-refractivity contribution is 9.10. The normalized spacial score (nSPS) is 14.0. The van der Waals surface area contributed by atoms with Crippen molar-refractivity contribution in [2.75, 3.05) is 13.7 Å². The largest absolute Gasteiger partial charge is 0.451 e. The smallest absolute Gasteiger partial charge is 0.290 e. The number of amides is 1. The van der Waals surface area contributed by atoms with E-state index in [0.717, 1.165) is 32.7 Å². The summed E-state index contributed by atoms with van der Waals surface area (Å²) in [6, 6.07) is 13.9. The van der Waals surface area contributed by atoms with Gasteiger partial charge in [0.1, 0.15) is 5.58 Å². The fourth-order valence-electron chi connectivity index (χ4n) is 4.08. The van der Waals surface area contributed by atoms with Gasteiger partial charge >= 0.3 is 0 Å². The molecule has 0 bridgehead atoms. The topological polar surface area (TPSA) is 58.5 Å². The number of ether oxygens (including phenoxy) is 1. The number of nitrogens with zero attached hydrogens (tertiary/aromatic N) is 1. The summed E-state index contributed by atoms with van der Waals surface area (Å²) in [7, 11) is 1.63. The summed E-state index contributed by atoms with van der Waals surface area (Å²) in [6.07, 6.45) is 0.794. The summed E-state index contributed by atoms with van der Waals surface area (Å²) in [4.78, 5) is 18.7. The van der Waals surface area contributed by atoms with Crippen LogP contribution in [0.25, 0.3) is 21.9 Å². The Morgan fingerprint density at radius 3 is 2.89 bits per heavy atom. The molecule has 3 heterocycles. The van der Waals surface area contributed by atoms with Gasteiger partial charge in [-0.1, -0.05) is 30.3 Å². The molecule has 0 saturated carbocycles. The molecule has 1 N–H and O–H groups in total. The standard InChI is InChI=1S/C22H19BrN2O3/c1-27-12-16-13-5-2-3-8-19(13)28-21(16)22(26)25-10-9-18-15(11-25)14-6-4-7-17(23)20(14)24-18/h2-8,24H,9-12H2,1H3. The predicted molar refractivity (Wildman–Crippen MR) is 111 cm³/mol. The van der Waals surface area contributed by atoms with Gasteiger partial charge in [-0.2, -0.15) is 0 Å². The van der Waals surface area contributed by atoms with Gasteiger partial charge in [-0.15, -0.1) is 0 Å². The van der Waals surface area contributed by atoms with Crippen molar-refractivity contribution >= 4 is 43.7 Å². The molecule has 0 saturated heterocycles. The first-order valence-electron chi connectivity index (χ1n) is 9.24. The summed E-state index contributed by atoms with van der Waals surface area (Å²) in [6.45, 7) is 1.56. The molecule has 0 radical (unpaired) electrons. The molecule has 1 amide bonds. The van der Waals surface area contributed by atoms with Crippen molar-refractivity contribution in [3.05, 3.63) is 69.5 Å². The summed E-state index contributed by atoms with van der Waals surface area (Å²) in [5.41, 5.74) is 5.00. The van der Waals surface area contributed by atoms with Crippen molar-refractivity contribution < 1.29 is 13.9 Å². The van der Waals surface area contributed by atoms with Crippen LogP contribution in [0.1, 0.15) is 27.4 Å². The molecule has 1 aliphatic rings. The fourth-order valence-corrected chi connectivity index (χ4v) is 4.54. The van der Waals surface area contributed by atoms with Crippen molar-refractivity contribution in [3.63, 3.8) is 0 Å². The van der Waals surface area contributed by atoms with E-state index < -0.39 is 0 Å². The second-order valence-electron chi connectivity index (χ2n) is 7.06. The van der Waals surface area contributed by atoms with Gasteiger partial charge in [0.15, 0.2) is 5.76 Å². The number of H-pyrrole nitrogens is 1. The van der Waals surface area contributed by atoms with Gasteiger partial charge in [-0.3, -0.25) is 4.79 Å². The second-order valence-corrected chi connectivity index (χ2v) is 7.91. The number of aromatic amines is 1. The van der Waals surface area contributed by atoms with Crippen LogP contribution in [-0.2, 0) is 24.3 Å². The van der Waals surface area contributed by atoms with Crippen molar-refractivity contribution in [1.82, 2.24) is 9.88 Å². The molecule has 0 spiro atoms. The van der Waals surface area contributed by atoms with Gasteiger partial charge < -0.3 is 19.0 Å². The third-order valence-corrected chi connectivity index (χ3v) is 6.09. The van der Waals surface area contributed by atoms with Crippen molar-refractivity contribution in [3.8, 4) is 0 Å². The van der Waals surface area contributed by atoms with Gasteiger partial charge in [-0.25, -0.2) is 0 Å². The Hall–Kier alpha value is -2.57. The van der Waals surface area contributed by atoms with Crippen LogP contribution in [0, 0.1) is 0 Å². The van der Waals surface area contributed by atoms with E-state index in [1.807, 2.05) is 41.3 Å². The van der Waals surface area contributed by atoms with Crippen molar-refractivity contribution in [2.45, 2.75) is 19.6 Å². The average Bonchev–Trinajstić information content (AvgIpc) is 3.27. The SMILES string of the molecule is COCc1c(C(=O)N2CCc3[nH]c4c(Br)cccc4c3C2)oc2ccccc12. The van der Waals surface area contributed by atoms with Crippen LogP contribution >= 0.6 is 15.9 Å². The van der Waals surface area contributed by atoms with Crippen LogP contribution in [-0.4, -0.2) is 29.4 Å². The molecule has 0 fully saturated rings. The number of hydrogen-bond donors (Lipinski definition) is 1. The van der Waals surface area contributed by atoms with Crippen LogP contribution in [0.5, 0.6) is 0 Å². The number of fused-ring (bicyclic) bond motifs is 4. The summed E-state index contributed by atoms with van der Waals surface area (Å²) >= 11 is 3.61. The van der Waals surface area contributed by atoms with Crippen LogP contribution in [0.2, 0.25) is 0 Å². The molecular formula is C22H19BrN2O3. The zero-order valence-corrected chi connectivity index (χ0v) is 17.0. The molecule has 4 aromatic rings. The summed E-state index contributed by atoms with van der Waals surface area (Å²) in [5, 5.41) is 2.09. The minimum absolute atomic E-state index is 0.0850. The maximum atomic E-state index is 13.4. The maximum absolute atomic E-state index is 13.4. The molecule has 0 atom stereocenters. The van der Waals surface area contributed by atoms with Crippen LogP contribution in [0.4, 0.5) is 0 Å². The molecule has 142 valence electrons. The van der Waals surface area contributed by atoms with Gasteiger partial charge in [-0.05, 0) is 28.1 Å². The third kappa shape index (κ3) is 2.67. The highest BCUT2D eigenvalue weighted by Crippen LogP contribution is 2.33. The number of para-hydroxylation sites is 2. The van der Waals surface area contributed by atoms with Crippen molar-refractivity contribution in [1.29, 1.82) is 0 Å². The highest BCUT2D eigenvalue weighted by Gasteiger charge is 2.29. The zero-order valence-electron chi connectivity index (χ0n) is 15.4. The maximum Gasteiger partial charge on any atom is 0.290 e. The number of rotatable bonds is 3. The Morgan fingerprint density at radius 2 is 2.04 bits per heavy atom. The van der Waals surface area contributed by atoms with Crippen LogP contribution < -0.4 is 0 Å². The van der Waals surface area contributed by atoms with Gasteiger partial charge in [0.25, 0.3) is 5.91 Å². The van der Waals surface area contributed by atoms with Gasteiger partial charge in [0.05, 0.1) is 12.1 Å². The minimum Gasteiger partial charge on any atom is -0.451 e. The summed E-state index contributed by atoms with van der Waals surface area (Å²) < 4.78 is 12.3. The Kier molecular flexibility index (Phi) is 4.25. The molecule has 0 aliphatic carbocycles. The predicted octanol–water partition coefficient (Wildman–Crippen LogP) is 5.02. The number of methoxy groups -OCH3 is 1. The number of halogens is 1. The number of aromatic nitrogens is 1. The first-order valence-corrected chi connectivity index (χ1v) is 10.0. The first kappa shape index (κ1) is 17.5. The lowest BCUT2D eigenvalue weighted by atomic mass is 10.0. The Labute approximate surface area is 170 Å². The van der Waals surface area contributed by atoms with E-state index in [1.165, 1.54) is 11.3 Å². The van der Waals surface area contributed by atoms with E-state index >= 15 is 0 Å². The lowest BCUT2D eigenvalue weighted by Crippen LogP contribution is -2.36. The number of carbonyl (C=O) groups excluding carboxylic acids is 1. The van der Waals surface area contributed by atoms with E-state index in [2.05, 4.69) is 27.0 Å². The zero-order chi connectivity index (χ0) is 19.3. The van der Waals surface area contributed by atoms with Crippen LogP contribution in [0.15, 0.2) is 51.4 Å². The monoisotopic (exact) mass is 438 g/mol. The molecule has 28 heavy (non-hydrogen) atoms. The minimum atomic E-state index is -0.0850. The average molecular weight is 439 g/mol. The second kappa shape index (κ2) is 6.79.